The molecular weight excluding hydrogens is 238 g/mol. The highest BCUT2D eigenvalue weighted by molar-refractivity contribution is 5.73. The van der Waals surface area contributed by atoms with E-state index in [0.717, 1.165) is 18.7 Å². The van der Waals surface area contributed by atoms with E-state index in [1.165, 1.54) is 12.8 Å². The van der Waals surface area contributed by atoms with Crippen molar-refractivity contribution in [3.05, 3.63) is 35.9 Å². The van der Waals surface area contributed by atoms with Crippen LogP contribution >= 0.6 is 0 Å². The second-order valence-electron chi connectivity index (χ2n) is 5.30. The summed E-state index contributed by atoms with van der Waals surface area (Å²) in [6.45, 7) is 4.53. The largest absolute Gasteiger partial charge is 0.338 e. The Morgan fingerprint density at radius 2 is 2.05 bits per heavy atom. The van der Waals surface area contributed by atoms with E-state index in [2.05, 4.69) is 22.9 Å². The molecule has 2 rings (SSSR count). The van der Waals surface area contributed by atoms with Crippen LogP contribution in [0.15, 0.2) is 30.3 Å². The number of carbonyl (C=O) groups excluding carboxylic acids is 1. The Labute approximate surface area is 115 Å². The van der Waals surface area contributed by atoms with Gasteiger partial charge in [-0.05, 0) is 37.8 Å². The van der Waals surface area contributed by atoms with E-state index in [-0.39, 0.29) is 6.03 Å². The average Bonchev–Trinajstić information content (AvgIpc) is 2.45. The Morgan fingerprint density at radius 3 is 2.74 bits per heavy atom. The lowest BCUT2D eigenvalue weighted by Crippen LogP contribution is -2.44. The van der Waals surface area contributed by atoms with Crippen molar-refractivity contribution >= 4 is 6.03 Å². The third kappa shape index (κ3) is 4.91. The van der Waals surface area contributed by atoms with Crippen LogP contribution in [0, 0.1) is 5.92 Å². The number of amides is 2. The van der Waals surface area contributed by atoms with Crippen molar-refractivity contribution < 1.29 is 4.79 Å². The third-order valence-electron chi connectivity index (χ3n) is 3.61. The number of urea groups is 1. The number of nitrogens with one attached hydrogen (secondary N) is 3. The molecule has 3 N–H and O–H groups in total. The zero-order chi connectivity index (χ0) is 13.5. The molecule has 4 nitrogen and oxygen atoms in total. The number of hydrogen-bond donors (Lipinski definition) is 3. The minimum atomic E-state index is -0.0810. The van der Waals surface area contributed by atoms with Gasteiger partial charge in [0.05, 0.1) is 0 Å². The van der Waals surface area contributed by atoms with Crippen molar-refractivity contribution in [2.75, 3.05) is 13.1 Å². The highest BCUT2D eigenvalue weighted by Crippen LogP contribution is 2.12. The Balaban J connectivity index is 1.62. The molecule has 4 heteroatoms. The number of benzene rings is 1. The predicted molar refractivity (Wildman–Crippen MR) is 76.9 cm³/mol. The van der Waals surface area contributed by atoms with Gasteiger partial charge in [0.15, 0.2) is 0 Å². The molecule has 104 valence electrons. The summed E-state index contributed by atoms with van der Waals surface area (Å²) in [7, 11) is 0. The maximum Gasteiger partial charge on any atom is 0.315 e. The lowest BCUT2D eigenvalue weighted by Gasteiger charge is -2.27. The molecule has 0 bridgehead atoms. The van der Waals surface area contributed by atoms with E-state index in [4.69, 9.17) is 0 Å². The summed E-state index contributed by atoms with van der Waals surface area (Å²) in [6.07, 6.45) is 2.38. The first-order valence-electron chi connectivity index (χ1n) is 7.03. The maximum atomic E-state index is 11.7. The van der Waals surface area contributed by atoms with Crippen molar-refractivity contribution in [1.29, 1.82) is 0 Å². The predicted octanol–water partition coefficient (Wildman–Crippen LogP) is 1.87. The molecule has 19 heavy (non-hydrogen) atoms. The van der Waals surface area contributed by atoms with Crippen LogP contribution in [0.3, 0.4) is 0 Å². The van der Waals surface area contributed by atoms with E-state index in [1.807, 2.05) is 30.3 Å². The molecule has 2 atom stereocenters. The zero-order valence-corrected chi connectivity index (χ0v) is 11.5. The smallest absolute Gasteiger partial charge is 0.315 e. The van der Waals surface area contributed by atoms with Gasteiger partial charge in [0.1, 0.15) is 0 Å². The number of rotatable bonds is 4. The van der Waals surface area contributed by atoms with Gasteiger partial charge in [0, 0.05) is 19.1 Å². The Bertz CT molecular complexity index is 386. The molecule has 0 aromatic heterocycles. The summed E-state index contributed by atoms with van der Waals surface area (Å²) in [4.78, 5) is 11.7. The second-order valence-corrected chi connectivity index (χ2v) is 5.30. The van der Waals surface area contributed by atoms with Gasteiger partial charge < -0.3 is 16.0 Å². The summed E-state index contributed by atoms with van der Waals surface area (Å²) >= 11 is 0. The van der Waals surface area contributed by atoms with Gasteiger partial charge in [0.2, 0.25) is 0 Å². The van der Waals surface area contributed by atoms with Crippen LogP contribution in [0.5, 0.6) is 0 Å². The molecule has 1 heterocycles. The number of carbonyl (C=O) groups is 1. The van der Waals surface area contributed by atoms with Gasteiger partial charge in [-0.3, -0.25) is 0 Å². The Hall–Kier alpha value is -1.55. The minimum absolute atomic E-state index is 0.0810. The molecule has 1 aromatic carbocycles. The van der Waals surface area contributed by atoms with E-state index >= 15 is 0 Å². The van der Waals surface area contributed by atoms with Crippen LogP contribution in [0.1, 0.15) is 25.3 Å². The van der Waals surface area contributed by atoms with Crippen molar-refractivity contribution in [2.45, 2.75) is 32.4 Å². The molecule has 2 amide bonds. The fraction of sp³-hybridized carbons (Fsp3) is 0.533. The van der Waals surface area contributed by atoms with E-state index in [0.29, 0.717) is 18.5 Å². The van der Waals surface area contributed by atoms with Crippen LogP contribution < -0.4 is 16.0 Å². The van der Waals surface area contributed by atoms with Gasteiger partial charge in [0.25, 0.3) is 0 Å². The van der Waals surface area contributed by atoms with Gasteiger partial charge >= 0.3 is 6.03 Å². The van der Waals surface area contributed by atoms with Crippen LogP contribution in [-0.2, 0) is 6.54 Å². The molecule has 0 saturated carbocycles. The summed E-state index contributed by atoms with van der Waals surface area (Å²) < 4.78 is 0. The first-order chi connectivity index (χ1) is 9.24. The normalized spacial score (nSPS) is 22.8. The molecule has 2 unspecified atom stereocenters. The molecule has 0 spiro atoms. The van der Waals surface area contributed by atoms with Gasteiger partial charge in [-0.15, -0.1) is 0 Å². The number of piperidine rings is 1. The van der Waals surface area contributed by atoms with Gasteiger partial charge in [-0.25, -0.2) is 4.79 Å². The van der Waals surface area contributed by atoms with Crippen molar-refractivity contribution in [1.82, 2.24) is 16.0 Å². The first kappa shape index (κ1) is 13.9. The quantitative estimate of drug-likeness (QED) is 0.775. The molecule has 1 aliphatic rings. The first-order valence-corrected chi connectivity index (χ1v) is 7.03. The summed E-state index contributed by atoms with van der Waals surface area (Å²) in [5.74, 6) is 0.554. The summed E-state index contributed by atoms with van der Waals surface area (Å²) in [5, 5.41) is 9.27. The van der Waals surface area contributed by atoms with Crippen LogP contribution in [-0.4, -0.2) is 25.2 Å². The van der Waals surface area contributed by atoms with E-state index in [9.17, 15) is 4.79 Å². The zero-order valence-electron chi connectivity index (χ0n) is 11.5. The highest BCUT2D eigenvalue weighted by Gasteiger charge is 2.17. The molecule has 1 aromatic rings. The van der Waals surface area contributed by atoms with Gasteiger partial charge in [-0.2, -0.15) is 0 Å². The average molecular weight is 261 g/mol. The fourth-order valence-corrected chi connectivity index (χ4v) is 2.31. The van der Waals surface area contributed by atoms with Crippen molar-refractivity contribution in [3.63, 3.8) is 0 Å². The Kier molecular flexibility index (Phi) is 5.21. The number of hydrogen-bond acceptors (Lipinski definition) is 2. The summed E-state index contributed by atoms with van der Waals surface area (Å²) in [5.41, 5.74) is 1.12. The molecule has 0 aliphatic carbocycles. The molecule has 1 aliphatic heterocycles. The lowest BCUT2D eigenvalue weighted by molar-refractivity contribution is 0.235. The molecular formula is C15H23N3O. The summed E-state index contributed by atoms with van der Waals surface area (Å²) in [6, 6.07) is 10.5. The molecule has 0 radical (unpaired) electrons. The van der Waals surface area contributed by atoms with Crippen LogP contribution in [0.4, 0.5) is 4.79 Å². The van der Waals surface area contributed by atoms with Gasteiger partial charge in [-0.1, -0.05) is 30.3 Å². The lowest BCUT2D eigenvalue weighted by atomic mass is 9.95. The van der Waals surface area contributed by atoms with Crippen molar-refractivity contribution in [3.8, 4) is 0 Å². The van der Waals surface area contributed by atoms with Crippen molar-refractivity contribution in [2.24, 2.45) is 5.92 Å². The SMILES string of the molecule is CC1CCC(CNC(=O)NCc2ccccc2)CN1. The molecule has 1 saturated heterocycles. The van der Waals surface area contributed by atoms with Crippen LogP contribution in [0.25, 0.3) is 0 Å². The second kappa shape index (κ2) is 7.14. The third-order valence-corrected chi connectivity index (χ3v) is 3.61. The highest BCUT2D eigenvalue weighted by atomic mass is 16.2. The standard InChI is InChI=1S/C15H23N3O/c1-12-7-8-14(10-16-12)11-18-15(19)17-9-13-5-3-2-4-6-13/h2-6,12,14,16H,7-11H2,1H3,(H2,17,18,19). The van der Waals surface area contributed by atoms with E-state index < -0.39 is 0 Å². The maximum absolute atomic E-state index is 11.7. The minimum Gasteiger partial charge on any atom is -0.338 e. The van der Waals surface area contributed by atoms with Crippen LogP contribution in [0.2, 0.25) is 0 Å². The monoisotopic (exact) mass is 261 g/mol. The topological polar surface area (TPSA) is 53.2 Å². The van der Waals surface area contributed by atoms with E-state index in [1.54, 1.807) is 0 Å². The fourth-order valence-electron chi connectivity index (χ4n) is 2.31. The molecule has 1 fully saturated rings. The Morgan fingerprint density at radius 1 is 1.26 bits per heavy atom.